The highest BCUT2D eigenvalue weighted by Crippen LogP contribution is 2.29. The van der Waals surface area contributed by atoms with Crippen molar-refractivity contribution >= 4 is 27.2 Å². The maximum atomic E-state index is 12.7. The van der Waals surface area contributed by atoms with E-state index >= 15 is 0 Å². The minimum Gasteiger partial charge on any atom is -0.493 e. The summed E-state index contributed by atoms with van der Waals surface area (Å²) in [5.74, 6) is 0.483. The summed E-state index contributed by atoms with van der Waals surface area (Å²) in [4.78, 5) is 13.4. The van der Waals surface area contributed by atoms with Crippen LogP contribution in [0.4, 0.5) is 0 Å². The zero-order valence-electron chi connectivity index (χ0n) is 11.3. The van der Waals surface area contributed by atoms with Gasteiger partial charge in [-0.3, -0.25) is 9.48 Å². The van der Waals surface area contributed by atoms with Gasteiger partial charge in [0.25, 0.3) is 0 Å². The molecule has 1 aromatic carbocycles. The summed E-state index contributed by atoms with van der Waals surface area (Å²) in [5, 5.41) is 5.27. The van der Waals surface area contributed by atoms with Crippen LogP contribution in [0, 0.1) is 0 Å². The Labute approximate surface area is 120 Å². The Morgan fingerprint density at radius 2 is 2.20 bits per heavy atom. The lowest BCUT2D eigenvalue weighted by atomic mass is 10.2. The molecule has 3 rings (SSSR count). The molecule has 0 unspecified atom stereocenters. The van der Waals surface area contributed by atoms with Gasteiger partial charge in [0.15, 0.2) is 11.4 Å². The molecule has 2 heterocycles. The quantitative estimate of drug-likeness (QED) is 0.691. The summed E-state index contributed by atoms with van der Waals surface area (Å²) in [7, 11) is 1.55. The Balaban J connectivity index is 2.10. The van der Waals surface area contributed by atoms with Crippen molar-refractivity contribution in [1.29, 1.82) is 0 Å². The van der Waals surface area contributed by atoms with Crippen LogP contribution >= 0.6 is 11.3 Å². The van der Waals surface area contributed by atoms with Crippen LogP contribution in [0.2, 0.25) is 0 Å². The third kappa shape index (κ3) is 2.00. The van der Waals surface area contributed by atoms with Gasteiger partial charge in [-0.05, 0) is 24.4 Å². The van der Waals surface area contributed by atoms with Gasteiger partial charge in [-0.1, -0.05) is 18.2 Å². The second-order valence-electron chi connectivity index (χ2n) is 4.35. The van der Waals surface area contributed by atoms with E-state index in [0.29, 0.717) is 22.9 Å². The predicted octanol–water partition coefficient (Wildman–Crippen LogP) is 3.36. The first-order valence-corrected chi connectivity index (χ1v) is 7.19. The van der Waals surface area contributed by atoms with Crippen LogP contribution < -0.4 is 4.74 Å². The normalized spacial score (nSPS) is 10.9. The van der Waals surface area contributed by atoms with Crippen molar-refractivity contribution in [3.63, 3.8) is 0 Å². The van der Waals surface area contributed by atoms with Crippen molar-refractivity contribution in [2.24, 2.45) is 0 Å². The van der Waals surface area contributed by atoms with Gasteiger partial charge in [-0.25, -0.2) is 0 Å². The number of carbonyl (C=O) groups excluding carboxylic acids is 1. The number of carbonyl (C=O) groups is 1. The van der Waals surface area contributed by atoms with E-state index in [9.17, 15) is 4.79 Å². The summed E-state index contributed by atoms with van der Waals surface area (Å²) < 4.78 is 8.03. The molecule has 0 radical (unpaired) electrons. The minimum atomic E-state index is -0.0394. The monoisotopic (exact) mass is 286 g/mol. The first kappa shape index (κ1) is 12.9. The van der Waals surface area contributed by atoms with E-state index in [4.69, 9.17) is 4.74 Å². The van der Waals surface area contributed by atoms with Crippen LogP contribution in [0.1, 0.15) is 22.3 Å². The number of thiophene rings is 1. The van der Waals surface area contributed by atoms with E-state index in [1.54, 1.807) is 18.0 Å². The molecule has 0 bridgehead atoms. The number of fused-ring (bicyclic) bond motifs is 1. The second kappa shape index (κ2) is 5.09. The average molecular weight is 286 g/mol. The Kier molecular flexibility index (Phi) is 3.28. The average Bonchev–Trinajstić information content (AvgIpc) is 3.09. The molecule has 102 valence electrons. The summed E-state index contributed by atoms with van der Waals surface area (Å²) in [6.45, 7) is 2.59. The van der Waals surface area contributed by atoms with E-state index in [1.807, 2.05) is 37.3 Å². The van der Waals surface area contributed by atoms with E-state index in [-0.39, 0.29) is 5.78 Å². The topological polar surface area (TPSA) is 44.1 Å². The Bertz CT molecular complexity index is 719. The Hall–Kier alpha value is -2.14. The van der Waals surface area contributed by atoms with Crippen LogP contribution in [-0.2, 0) is 6.54 Å². The van der Waals surface area contributed by atoms with Gasteiger partial charge in [-0.15, -0.1) is 11.3 Å². The number of benzene rings is 1. The molecule has 4 nitrogen and oxygen atoms in total. The molecule has 0 atom stereocenters. The first-order valence-electron chi connectivity index (χ1n) is 6.37. The van der Waals surface area contributed by atoms with Crippen LogP contribution in [0.3, 0.4) is 0 Å². The third-order valence-electron chi connectivity index (χ3n) is 3.19. The fourth-order valence-electron chi connectivity index (χ4n) is 2.20. The van der Waals surface area contributed by atoms with E-state index in [2.05, 4.69) is 5.10 Å². The van der Waals surface area contributed by atoms with Crippen molar-refractivity contribution in [3.05, 3.63) is 47.1 Å². The molecule has 0 spiro atoms. The lowest BCUT2D eigenvalue weighted by Gasteiger charge is -2.04. The molecule has 20 heavy (non-hydrogen) atoms. The summed E-state index contributed by atoms with van der Waals surface area (Å²) in [5.41, 5.74) is 0.515. The summed E-state index contributed by atoms with van der Waals surface area (Å²) in [6, 6.07) is 9.90. The number of ether oxygens (including phenoxy) is 1. The molecular formula is C15H14N2O2S. The number of ketones is 1. The summed E-state index contributed by atoms with van der Waals surface area (Å²) in [6.07, 6.45) is 1.59. The van der Waals surface area contributed by atoms with Gasteiger partial charge in [0.1, 0.15) is 0 Å². The van der Waals surface area contributed by atoms with E-state index in [0.717, 1.165) is 10.1 Å². The highest BCUT2D eigenvalue weighted by atomic mass is 32.1. The zero-order valence-corrected chi connectivity index (χ0v) is 12.1. The minimum absolute atomic E-state index is 0.0394. The van der Waals surface area contributed by atoms with Gasteiger partial charge < -0.3 is 4.74 Å². The molecule has 0 amide bonds. The van der Waals surface area contributed by atoms with Crippen LogP contribution in [0.15, 0.2) is 36.5 Å². The summed E-state index contributed by atoms with van der Waals surface area (Å²) >= 11 is 1.50. The molecule has 0 aliphatic heterocycles. The van der Waals surface area contributed by atoms with Gasteiger partial charge >= 0.3 is 0 Å². The molecule has 2 aromatic heterocycles. The third-order valence-corrected chi connectivity index (χ3v) is 4.30. The van der Waals surface area contributed by atoms with Crippen molar-refractivity contribution in [2.45, 2.75) is 13.5 Å². The number of methoxy groups -OCH3 is 1. The molecule has 0 N–H and O–H groups in total. The van der Waals surface area contributed by atoms with Crippen molar-refractivity contribution in [3.8, 4) is 5.75 Å². The van der Waals surface area contributed by atoms with Gasteiger partial charge in [-0.2, -0.15) is 5.10 Å². The lowest BCUT2D eigenvalue weighted by molar-refractivity contribution is 0.103. The molecule has 0 aliphatic rings. The predicted molar refractivity (Wildman–Crippen MR) is 79.7 cm³/mol. The maximum Gasteiger partial charge on any atom is 0.224 e. The number of hydrogen-bond acceptors (Lipinski definition) is 4. The van der Waals surface area contributed by atoms with Crippen molar-refractivity contribution < 1.29 is 9.53 Å². The number of hydrogen-bond donors (Lipinski definition) is 0. The number of nitrogens with zero attached hydrogens (tertiary/aromatic N) is 2. The Morgan fingerprint density at radius 3 is 2.90 bits per heavy atom. The zero-order chi connectivity index (χ0) is 14.1. The highest BCUT2D eigenvalue weighted by Gasteiger charge is 2.22. The smallest absolute Gasteiger partial charge is 0.224 e. The van der Waals surface area contributed by atoms with E-state index in [1.165, 1.54) is 11.3 Å². The van der Waals surface area contributed by atoms with Gasteiger partial charge in [0, 0.05) is 11.2 Å². The standard InChI is InChI=1S/C15H14N2O2S/c1-3-17-14(11(19-2)9-16-17)15(18)13-8-10-6-4-5-7-12(10)20-13/h4-9H,3H2,1-2H3. The molecule has 0 saturated heterocycles. The fourth-order valence-corrected chi connectivity index (χ4v) is 3.20. The molecule has 0 aliphatic carbocycles. The van der Waals surface area contributed by atoms with E-state index < -0.39 is 0 Å². The highest BCUT2D eigenvalue weighted by molar-refractivity contribution is 7.21. The van der Waals surface area contributed by atoms with Gasteiger partial charge in [0.05, 0.1) is 18.2 Å². The second-order valence-corrected chi connectivity index (χ2v) is 5.44. The molecular weight excluding hydrogens is 272 g/mol. The fraction of sp³-hybridized carbons (Fsp3) is 0.200. The first-order chi connectivity index (χ1) is 9.74. The number of aryl methyl sites for hydroxylation is 1. The van der Waals surface area contributed by atoms with Crippen molar-refractivity contribution in [2.75, 3.05) is 7.11 Å². The van der Waals surface area contributed by atoms with Gasteiger partial charge in [0.2, 0.25) is 5.78 Å². The Morgan fingerprint density at radius 1 is 1.40 bits per heavy atom. The van der Waals surface area contributed by atoms with Crippen LogP contribution in [0.25, 0.3) is 10.1 Å². The largest absolute Gasteiger partial charge is 0.493 e. The number of aromatic nitrogens is 2. The van der Waals surface area contributed by atoms with Crippen LogP contribution in [-0.4, -0.2) is 22.7 Å². The molecule has 5 heteroatoms. The van der Waals surface area contributed by atoms with Crippen LogP contribution in [0.5, 0.6) is 5.75 Å². The van der Waals surface area contributed by atoms with Crippen molar-refractivity contribution in [1.82, 2.24) is 9.78 Å². The SMILES string of the molecule is CCn1ncc(OC)c1C(=O)c1cc2ccccc2s1. The maximum absolute atomic E-state index is 12.7. The number of rotatable bonds is 4. The molecule has 0 saturated carbocycles. The lowest BCUT2D eigenvalue weighted by Crippen LogP contribution is -2.10. The molecule has 0 fully saturated rings. The molecule has 3 aromatic rings.